The van der Waals surface area contributed by atoms with E-state index in [4.69, 9.17) is 0 Å². The van der Waals surface area contributed by atoms with Gasteiger partial charge in [-0.25, -0.2) is 0 Å². The van der Waals surface area contributed by atoms with Gasteiger partial charge in [-0.05, 0) is 42.4 Å². The van der Waals surface area contributed by atoms with E-state index in [0.29, 0.717) is 6.54 Å². The average molecular weight is 449 g/mol. The summed E-state index contributed by atoms with van der Waals surface area (Å²) in [5.41, 5.74) is 3.10. The lowest BCUT2D eigenvalue weighted by atomic mass is 9.94. The fraction of sp³-hybridized carbons (Fsp3) is 0.360. The van der Waals surface area contributed by atoms with Crippen LogP contribution >= 0.6 is 11.5 Å². The van der Waals surface area contributed by atoms with Crippen LogP contribution in [-0.4, -0.2) is 32.3 Å². The average Bonchev–Trinajstić information content (AvgIpc) is 3.36. The Bertz CT molecular complexity index is 1020. The lowest BCUT2D eigenvalue weighted by molar-refractivity contribution is -0.127. The van der Waals surface area contributed by atoms with E-state index in [0.717, 1.165) is 53.9 Å². The molecule has 166 valence electrons. The van der Waals surface area contributed by atoms with Gasteiger partial charge in [-0.1, -0.05) is 83.9 Å². The molecule has 1 N–H and O–H groups in total. The van der Waals surface area contributed by atoms with Gasteiger partial charge in [0.15, 0.2) is 5.69 Å². The highest BCUT2D eigenvalue weighted by Gasteiger charge is 2.34. The molecule has 0 unspecified atom stereocenters. The molecule has 2 amide bonds. The Balaban J connectivity index is 1.71. The number of aromatic nitrogens is 2. The number of carbonyl (C=O) groups is 2. The summed E-state index contributed by atoms with van der Waals surface area (Å²) in [5, 5.41) is 8.85. The number of hydrogen-bond donors (Lipinski definition) is 1. The van der Waals surface area contributed by atoms with E-state index in [1.807, 2.05) is 61.5 Å². The Labute approximate surface area is 192 Å². The summed E-state index contributed by atoms with van der Waals surface area (Å²) in [6.45, 7) is 2.31. The molecule has 4 rings (SSSR count). The normalized spacial score (nSPS) is 15.2. The van der Waals surface area contributed by atoms with E-state index >= 15 is 0 Å². The Morgan fingerprint density at radius 3 is 2.44 bits per heavy atom. The van der Waals surface area contributed by atoms with Gasteiger partial charge in [0.2, 0.25) is 5.91 Å². The first-order chi connectivity index (χ1) is 15.6. The zero-order valence-electron chi connectivity index (χ0n) is 18.2. The van der Waals surface area contributed by atoms with Crippen molar-refractivity contribution >= 4 is 23.3 Å². The number of carbonyl (C=O) groups excluding carboxylic acids is 2. The topological polar surface area (TPSA) is 75.2 Å². The van der Waals surface area contributed by atoms with Crippen LogP contribution in [0.25, 0.3) is 0 Å². The van der Waals surface area contributed by atoms with Crippen molar-refractivity contribution in [3.8, 4) is 0 Å². The van der Waals surface area contributed by atoms with Crippen LogP contribution in [0.3, 0.4) is 0 Å². The smallest absolute Gasteiger partial charge is 0.276 e. The van der Waals surface area contributed by atoms with E-state index in [9.17, 15) is 9.59 Å². The second kappa shape index (κ2) is 10.5. The van der Waals surface area contributed by atoms with Crippen LogP contribution in [0, 0.1) is 6.92 Å². The Morgan fingerprint density at radius 2 is 1.78 bits per heavy atom. The van der Waals surface area contributed by atoms with Gasteiger partial charge < -0.3 is 10.2 Å². The standard InChI is InChI=1S/C25H28N4O2S/c1-18-12-14-20(15-13-18)23(24(30)26-21-10-6-3-7-11-21)29(16-19-8-4-2-5-9-19)25(31)22-17-32-28-27-22/h2,4-5,8-9,12-15,17,21,23H,3,6-7,10-11,16H2,1H3,(H,26,30)/t23-/m1/s1. The third-order valence-corrected chi connectivity index (χ3v) is 6.45. The fourth-order valence-corrected chi connectivity index (χ4v) is 4.64. The number of nitrogens with zero attached hydrogens (tertiary/aromatic N) is 3. The third kappa shape index (κ3) is 5.40. The Hall–Kier alpha value is -3.06. The summed E-state index contributed by atoms with van der Waals surface area (Å²) < 4.78 is 3.86. The molecule has 1 saturated carbocycles. The summed E-state index contributed by atoms with van der Waals surface area (Å²) >= 11 is 1.13. The number of amides is 2. The van der Waals surface area contributed by atoms with Gasteiger partial charge in [0.1, 0.15) is 6.04 Å². The molecule has 0 aliphatic heterocycles. The first kappa shape index (κ1) is 22.1. The largest absolute Gasteiger partial charge is 0.351 e. The first-order valence-corrected chi connectivity index (χ1v) is 11.9. The molecule has 6 nitrogen and oxygen atoms in total. The maximum atomic E-state index is 13.7. The van der Waals surface area contributed by atoms with Gasteiger partial charge in [0.05, 0.1) is 0 Å². The van der Waals surface area contributed by atoms with Crippen LogP contribution in [0.2, 0.25) is 0 Å². The van der Waals surface area contributed by atoms with E-state index < -0.39 is 6.04 Å². The Kier molecular flexibility index (Phi) is 7.27. The quantitative estimate of drug-likeness (QED) is 0.569. The maximum absolute atomic E-state index is 13.7. The molecule has 1 fully saturated rings. The van der Waals surface area contributed by atoms with Gasteiger partial charge in [0.25, 0.3) is 5.91 Å². The molecular weight excluding hydrogens is 420 g/mol. The second-order valence-corrected chi connectivity index (χ2v) is 8.98. The van der Waals surface area contributed by atoms with Crippen molar-refractivity contribution in [1.29, 1.82) is 0 Å². The molecule has 1 aliphatic carbocycles. The predicted molar refractivity (Wildman–Crippen MR) is 125 cm³/mol. The molecule has 7 heteroatoms. The summed E-state index contributed by atoms with van der Waals surface area (Å²) in [7, 11) is 0. The van der Waals surface area contributed by atoms with Crippen LogP contribution in [0.15, 0.2) is 60.0 Å². The molecule has 0 saturated heterocycles. The third-order valence-electron chi connectivity index (χ3n) is 5.94. The number of benzene rings is 2. The number of hydrogen-bond acceptors (Lipinski definition) is 5. The van der Waals surface area contributed by atoms with Crippen LogP contribution < -0.4 is 5.32 Å². The SMILES string of the molecule is Cc1ccc([C@H](C(=O)NC2CCCCC2)N(Cc2ccccc2)C(=O)c2csnn2)cc1. The van der Waals surface area contributed by atoms with Gasteiger partial charge in [-0.2, -0.15) is 0 Å². The minimum Gasteiger partial charge on any atom is -0.351 e. The molecule has 32 heavy (non-hydrogen) atoms. The molecule has 1 aliphatic rings. The van der Waals surface area contributed by atoms with Crippen molar-refractivity contribution in [1.82, 2.24) is 19.8 Å². The maximum Gasteiger partial charge on any atom is 0.276 e. The Morgan fingerprint density at radius 1 is 1.06 bits per heavy atom. The highest BCUT2D eigenvalue weighted by Crippen LogP contribution is 2.27. The highest BCUT2D eigenvalue weighted by atomic mass is 32.1. The lowest BCUT2D eigenvalue weighted by Gasteiger charge is -2.33. The molecule has 2 aromatic carbocycles. The number of rotatable bonds is 7. The first-order valence-electron chi connectivity index (χ1n) is 11.1. The monoisotopic (exact) mass is 448 g/mol. The summed E-state index contributed by atoms with van der Waals surface area (Å²) in [4.78, 5) is 28.8. The lowest BCUT2D eigenvalue weighted by Crippen LogP contribution is -2.47. The van der Waals surface area contributed by atoms with Crippen LogP contribution in [0.1, 0.15) is 65.3 Å². The van der Waals surface area contributed by atoms with Gasteiger partial charge in [-0.15, -0.1) is 5.10 Å². The molecule has 0 spiro atoms. The molecule has 1 heterocycles. The van der Waals surface area contributed by atoms with Gasteiger partial charge in [-0.3, -0.25) is 9.59 Å². The number of nitrogens with one attached hydrogen (secondary N) is 1. The van der Waals surface area contributed by atoms with Crippen molar-refractivity contribution in [2.45, 2.75) is 57.7 Å². The molecule has 0 bridgehead atoms. The molecule has 1 atom stereocenters. The van der Waals surface area contributed by atoms with Crippen LogP contribution in [0.4, 0.5) is 0 Å². The summed E-state index contributed by atoms with van der Waals surface area (Å²) in [6.07, 6.45) is 5.42. The zero-order chi connectivity index (χ0) is 22.3. The van der Waals surface area contributed by atoms with Crippen LogP contribution in [0.5, 0.6) is 0 Å². The molecular formula is C25H28N4O2S. The van der Waals surface area contributed by atoms with E-state index in [1.54, 1.807) is 10.3 Å². The van der Waals surface area contributed by atoms with Crippen molar-refractivity contribution in [2.24, 2.45) is 0 Å². The van der Waals surface area contributed by atoms with Crippen molar-refractivity contribution in [3.05, 3.63) is 82.4 Å². The van der Waals surface area contributed by atoms with Crippen molar-refractivity contribution in [2.75, 3.05) is 0 Å². The summed E-state index contributed by atoms with van der Waals surface area (Å²) in [5.74, 6) is -0.444. The van der Waals surface area contributed by atoms with Crippen molar-refractivity contribution < 1.29 is 9.59 Å². The molecule has 3 aromatic rings. The van der Waals surface area contributed by atoms with Crippen molar-refractivity contribution in [3.63, 3.8) is 0 Å². The minimum atomic E-state index is -0.757. The van der Waals surface area contributed by atoms with Gasteiger partial charge >= 0.3 is 0 Å². The minimum absolute atomic E-state index is 0.145. The van der Waals surface area contributed by atoms with E-state index in [1.165, 1.54) is 6.42 Å². The van der Waals surface area contributed by atoms with Crippen LogP contribution in [-0.2, 0) is 11.3 Å². The predicted octanol–water partition coefficient (Wildman–Crippen LogP) is 4.68. The fourth-order valence-electron chi connectivity index (χ4n) is 4.21. The van der Waals surface area contributed by atoms with Gasteiger partial charge in [0, 0.05) is 18.0 Å². The summed E-state index contributed by atoms with van der Waals surface area (Å²) in [6, 6.07) is 17.0. The molecule has 0 radical (unpaired) electrons. The number of aryl methyl sites for hydroxylation is 1. The zero-order valence-corrected chi connectivity index (χ0v) is 19.1. The van der Waals surface area contributed by atoms with E-state index in [2.05, 4.69) is 14.9 Å². The molecule has 1 aromatic heterocycles. The highest BCUT2D eigenvalue weighted by molar-refractivity contribution is 7.03. The second-order valence-electron chi connectivity index (χ2n) is 8.37. The van der Waals surface area contributed by atoms with E-state index in [-0.39, 0.29) is 23.6 Å².